The SMILES string of the molecule is CC1(C)N=C(c2nc3ccccc3[nH]2)[N+](=O)C1(C)C. The zero-order valence-corrected chi connectivity index (χ0v) is 11.6. The van der Waals surface area contributed by atoms with Crippen LogP contribution in [0.15, 0.2) is 29.3 Å². The van der Waals surface area contributed by atoms with Crippen molar-refractivity contribution in [3.8, 4) is 0 Å². The summed E-state index contributed by atoms with van der Waals surface area (Å²) < 4.78 is 0.963. The zero-order chi connectivity index (χ0) is 13.8. The van der Waals surface area contributed by atoms with Crippen LogP contribution in [0.25, 0.3) is 11.0 Å². The molecule has 1 aliphatic rings. The Balaban J connectivity index is 2.15. The average molecular weight is 257 g/mol. The van der Waals surface area contributed by atoms with E-state index < -0.39 is 11.1 Å². The van der Waals surface area contributed by atoms with Crippen molar-refractivity contribution in [1.29, 1.82) is 0 Å². The van der Waals surface area contributed by atoms with Crippen molar-refractivity contribution in [2.24, 2.45) is 4.99 Å². The van der Waals surface area contributed by atoms with Crippen LogP contribution in [0.4, 0.5) is 0 Å². The molecule has 0 unspecified atom stereocenters. The molecule has 0 saturated carbocycles. The molecule has 1 aromatic heterocycles. The minimum Gasteiger partial charge on any atom is -0.331 e. The molecule has 5 heteroatoms. The number of benzene rings is 1. The van der Waals surface area contributed by atoms with Gasteiger partial charge in [-0.2, -0.15) is 0 Å². The molecule has 2 heterocycles. The molecule has 1 aliphatic heterocycles. The zero-order valence-electron chi connectivity index (χ0n) is 11.6. The number of rotatable bonds is 1. The van der Waals surface area contributed by atoms with Gasteiger partial charge in [0.2, 0.25) is 5.82 Å². The summed E-state index contributed by atoms with van der Waals surface area (Å²) in [6.45, 7) is 7.74. The molecule has 0 saturated heterocycles. The summed E-state index contributed by atoms with van der Waals surface area (Å²) in [6.07, 6.45) is 0. The minimum absolute atomic E-state index is 0.381. The van der Waals surface area contributed by atoms with Gasteiger partial charge >= 0.3 is 5.84 Å². The number of hydrogen-bond donors (Lipinski definition) is 1. The number of nitrogens with one attached hydrogen (secondary N) is 1. The first-order valence-corrected chi connectivity index (χ1v) is 6.35. The van der Waals surface area contributed by atoms with E-state index in [2.05, 4.69) is 15.0 Å². The highest BCUT2D eigenvalue weighted by Gasteiger charge is 2.59. The van der Waals surface area contributed by atoms with Crippen LogP contribution in [0.5, 0.6) is 0 Å². The van der Waals surface area contributed by atoms with Crippen LogP contribution in [0.2, 0.25) is 0 Å². The van der Waals surface area contributed by atoms with Crippen LogP contribution >= 0.6 is 0 Å². The van der Waals surface area contributed by atoms with Crippen molar-refractivity contribution in [1.82, 2.24) is 9.97 Å². The molecule has 0 atom stereocenters. The topological polar surface area (TPSA) is 61.1 Å². The lowest BCUT2D eigenvalue weighted by Crippen LogP contribution is -2.47. The molecule has 98 valence electrons. The van der Waals surface area contributed by atoms with Crippen LogP contribution in [0.3, 0.4) is 0 Å². The Morgan fingerprint density at radius 3 is 2.42 bits per heavy atom. The third-order valence-corrected chi connectivity index (χ3v) is 4.18. The summed E-state index contributed by atoms with van der Waals surface area (Å²) in [4.78, 5) is 24.6. The molecule has 2 aromatic rings. The lowest BCUT2D eigenvalue weighted by atomic mass is 9.84. The summed E-state index contributed by atoms with van der Waals surface area (Å²) in [5, 5.41) is 0. The van der Waals surface area contributed by atoms with Gasteiger partial charge in [0.15, 0.2) is 11.1 Å². The Bertz CT molecular complexity index is 676. The maximum absolute atomic E-state index is 12.4. The van der Waals surface area contributed by atoms with Gasteiger partial charge < -0.3 is 4.98 Å². The number of hydrogen-bond acceptors (Lipinski definition) is 3. The summed E-state index contributed by atoms with van der Waals surface area (Å²) >= 11 is 0. The lowest BCUT2D eigenvalue weighted by molar-refractivity contribution is -0.514. The van der Waals surface area contributed by atoms with Gasteiger partial charge in [-0.3, -0.25) is 0 Å². The van der Waals surface area contributed by atoms with E-state index in [0.717, 1.165) is 15.8 Å². The minimum atomic E-state index is -0.582. The standard InChI is InChI=1S/C14H17N4O/c1-13(2)14(3,4)18(19)12(17-13)11-15-9-7-5-6-8-10(9)16-11/h5-8H,1-4H3,(H,15,16)/q+1. The van der Waals surface area contributed by atoms with E-state index in [0.29, 0.717) is 11.7 Å². The molecule has 5 nitrogen and oxygen atoms in total. The molecule has 0 fully saturated rings. The van der Waals surface area contributed by atoms with Gasteiger partial charge in [-0.15, -0.1) is 0 Å². The van der Waals surface area contributed by atoms with Gasteiger partial charge in [0, 0.05) is 0 Å². The number of nitroso groups, excluding NO2 is 1. The number of fused-ring (bicyclic) bond motifs is 1. The summed E-state index contributed by atoms with van der Waals surface area (Å²) in [6, 6.07) is 7.71. The third-order valence-electron chi connectivity index (χ3n) is 4.18. The monoisotopic (exact) mass is 257 g/mol. The van der Waals surface area contributed by atoms with E-state index in [1.807, 2.05) is 52.0 Å². The van der Waals surface area contributed by atoms with E-state index in [1.165, 1.54) is 0 Å². The molecular weight excluding hydrogens is 240 g/mol. The second-order valence-electron chi connectivity index (χ2n) is 5.95. The highest BCUT2D eigenvalue weighted by atomic mass is 16.3. The number of aliphatic imine (C=N–C) groups is 1. The number of aromatic nitrogens is 2. The second-order valence-corrected chi connectivity index (χ2v) is 5.95. The van der Waals surface area contributed by atoms with Crippen molar-refractivity contribution >= 4 is 16.9 Å². The highest BCUT2D eigenvalue weighted by molar-refractivity contribution is 5.94. The fraction of sp³-hybridized carbons (Fsp3) is 0.429. The molecule has 1 aromatic carbocycles. The Morgan fingerprint density at radius 2 is 1.84 bits per heavy atom. The maximum Gasteiger partial charge on any atom is 0.400 e. The Hall–Kier alpha value is -2.04. The number of para-hydroxylation sites is 2. The Labute approximate surface area is 111 Å². The van der Waals surface area contributed by atoms with Crippen molar-refractivity contribution in [3.63, 3.8) is 0 Å². The summed E-state index contributed by atoms with van der Waals surface area (Å²) in [5.41, 5.74) is 0.733. The van der Waals surface area contributed by atoms with Crippen molar-refractivity contribution in [2.45, 2.75) is 38.8 Å². The first kappa shape index (κ1) is 12.0. The normalized spacial score (nSPS) is 20.8. The number of imidazole rings is 1. The van der Waals surface area contributed by atoms with E-state index in [1.54, 1.807) is 0 Å². The molecule has 1 N–H and O–H groups in total. The first-order valence-electron chi connectivity index (χ1n) is 6.35. The predicted molar refractivity (Wildman–Crippen MR) is 74.4 cm³/mol. The largest absolute Gasteiger partial charge is 0.400 e. The molecule has 0 spiro atoms. The smallest absolute Gasteiger partial charge is 0.331 e. The molecule has 0 bridgehead atoms. The van der Waals surface area contributed by atoms with Crippen LogP contribution in [0.1, 0.15) is 33.5 Å². The third kappa shape index (κ3) is 1.54. The van der Waals surface area contributed by atoms with E-state index in [-0.39, 0.29) is 0 Å². The van der Waals surface area contributed by atoms with Gasteiger partial charge in [0.1, 0.15) is 0 Å². The number of nitrogens with zero attached hydrogens (tertiary/aromatic N) is 3. The molecule has 0 amide bonds. The van der Waals surface area contributed by atoms with Crippen molar-refractivity contribution < 1.29 is 4.76 Å². The van der Waals surface area contributed by atoms with E-state index in [4.69, 9.17) is 0 Å². The molecular formula is C14H17N4O+. The van der Waals surface area contributed by atoms with Gasteiger partial charge in [0.05, 0.1) is 11.0 Å². The van der Waals surface area contributed by atoms with Crippen molar-refractivity contribution in [3.05, 3.63) is 35.0 Å². The quantitative estimate of drug-likeness (QED) is 0.798. The van der Waals surface area contributed by atoms with Crippen LogP contribution in [-0.2, 0) is 0 Å². The van der Waals surface area contributed by atoms with Gasteiger partial charge in [-0.05, 0) is 44.6 Å². The van der Waals surface area contributed by atoms with Crippen LogP contribution < -0.4 is 0 Å². The lowest BCUT2D eigenvalue weighted by Gasteiger charge is -2.21. The predicted octanol–water partition coefficient (Wildman–Crippen LogP) is 2.66. The number of amidine groups is 1. The molecule has 19 heavy (non-hydrogen) atoms. The van der Waals surface area contributed by atoms with Crippen LogP contribution in [-0.4, -0.2) is 31.6 Å². The van der Waals surface area contributed by atoms with Gasteiger partial charge in [0.25, 0.3) is 0 Å². The number of H-pyrrole nitrogens is 1. The molecule has 0 aliphatic carbocycles. The number of aromatic amines is 1. The summed E-state index contributed by atoms with van der Waals surface area (Å²) in [7, 11) is 0. The fourth-order valence-corrected chi connectivity index (χ4v) is 2.17. The Kier molecular flexibility index (Phi) is 2.21. The second kappa shape index (κ2) is 3.50. The summed E-state index contributed by atoms with van der Waals surface area (Å²) in [5.74, 6) is 0.918. The van der Waals surface area contributed by atoms with Crippen LogP contribution in [0, 0.1) is 4.91 Å². The van der Waals surface area contributed by atoms with E-state index in [9.17, 15) is 4.91 Å². The first-order chi connectivity index (χ1) is 8.83. The van der Waals surface area contributed by atoms with Gasteiger partial charge in [-0.1, -0.05) is 22.0 Å². The molecule has 0 radical (unpaired) electrons. The van der Waals surface area contributed by atoms with Crippen molar-refractivity contribution in [2.75, 3.05) is 0 Å². The average Bonchev–Trinajstić information content (AvgIpc) is 2.83. The Morgan fingerprint density at radius 1 is 1.16 bits per heavy atom. The molecule has 3 rings (SSSR count). The highest BCUT2D eigenvalue weighted by Crippen LogP contribution is 2.35. The van der Waals surface area contributed by atoms with E-state index >= 15 is 0 Å². The van der Waals surface area contributed by atoms with Gasteiger partial charge in [-0.25, -0.2) is 4.98 Å². The maximum atomic E-state index is 12.4. The fourth-order valence-electron chi connectivity index (χ4n) is 2.17.